The van der Waals surface area contributed by atoms with E-state index in [0.29, 0.717) is 18.3 Å². The molecule has 0 radical (unpaired) electrons. The van der Waals surface area contributed by atoms with Crippen molar-refractivity contribution in [1.82, 2.24) is 20.1 Å². The van der Waals surface area contributed by atoms with Crippen molar-refractivity contribution in [3.05, 3.63) is 36.9 Å². The fraction of sp³-hybridized carbons (Fsp3) is 0.500. The number of carbonyl (C=O) groups excluding carboxylic acids is 1. The second-order valence-corrected chi connectivity index (χ2v) is 8.27. The number of nitrogens with zero attached hydrogens (tertiary/aromatic N) is 3. The normalized spacial score (nSPS) is 15.3. The Labute approximate surface area is 177 Å². The van der Waals surface area contributed by atoms with Crippen LogP contribution in [-0.2, 0) is 11.3 Å². The van der Waals surface area contributed by atoms with E-state index in [9.17, 15) is 4.79 Å². The number of rotatable bonds is 8. The molecule has 6 nitrogen and oxygen atoms in total. The maximum atomic E-state index is 12.5. The predicted octanol–water partition coefficient (Wildman–Crippen LogP) is 4.46. The van der Waals surface area contributed by atoms with Crippen LogP contribution in [-0.4, -0.2) is 39.6 Å². The van der Waals surface area contributed by atoms with Crippen LogP contribution in [0.1, 0.15) is 44.9 Å². The molecule has 1 heterocycles. The number of carbonyl (C=O) groups is 1. The smallest absolute Gasteiger partial charge is 0.230 e. The van der Waals surface area contributed by atoms with Crippen LogP contribution in [0.15, 0.2) is 42.1 Å². The van der Waals surface area contributed by atoms with Crippen molar-refractivity contribution >= 4 is 17.7 Å². The number of aromatic nitrogens is 3. The second kappa shape index (κ2) is 11.0. The lowest BCUT2D eigenvalue weighted by molar-refractivity contribution is -0.119. The third kappa shape index (κ3) is 6.10. The fourth-order valence-corrected chi connectivity index (χ4v) is 4.40. The molecule has 0 saturated heterocycles. The molecule has 1 aliphatic carbocycles. The number of amides is 1. The van der Waals surface area contributed by atoms with E-state index in [-0.39, 0.29) is 5.91 Å². The van der Waals surface area contributed by atoms with Gasteiger partial charge in [-0.1, -0.05) is 49.9 Å². The van der Waals surface area contributed by atoms with E-state index in [4.69, 9.17) is 4.74 Å². The Bertz CT molecular complexity index is 796. The van der Waals surface area contributed by atoms with Gasteiger partial charge < -0.3 is 10.1 Å². The molecule has 1 aromatic carbocycles. The largest absolute Gasteiger partial charge is 0.497 e. The van der Waals surface area contributed by atoms with Gasteiger partial charge in [0.15, 0.2) is 11.0 Å². The Morgan fingerprint density at radius 3 is 2.55 bits per heavy atom. The molecule has 1 amide bonds. The van der Waals surface area contributed by atoms with Gasteiger partial charge in [-0.15, -0.1) is 16.8 Å². The molecule has 1 saturated carbocycles. The predicted molar refractivity (Wildman–Crippen MR) is 117 cm³/mol. The summed E-state index contributed by atoms with van der Waals surface area (Å²) in [5.41, 5.74) is 0.950. The van der Waals surface area contributed by atoms with Gasteiger partial charge in [0, 0.05) is 18.2 Å². The van der Waals surface area contributed by atoms with Crippen molar-refractivity contribution in [3.63, 3.8) is 0 Å². The first-order valence-electron chi connectivity index (χ1n) is 10.3. The molecule has 0 spiro atoms. The highest BCUT2D eigenvalue weighted by Gasteiger charge is 2.17. The topological polar surface area (TPSA) is 69.0 Å². The Morgan fingerprint density at radius 1 is 1.21 bits per heavy atom. The zero-order valence-electron chi connectivity index (χ0n) is 17.1. The van der Waals surface area contributed by atoms with E-state index in [1.807, 2.05) is 34.9 Å². The molecule has 3 rings (SSSR count). The van der Waals surface area contributed by atoms with Crippen molar-refractivity contribution in [1.29, 1.82) is 0 Å². The monoisotopic (exact) mass is 414 g/mol. The lowest BCUT2D eigenvalue weighted by Crippen LogP contribution is -2.36. The lowest BCUT2D eigenvalue weighted by atomic mass is 9.97. The van der Waals surface area contributed by atoms with Crippen molar-refractivity contribution in [3.8, 4) is 17.1 Å². The van der Waals surface area contributed by atoms with E-state index in [1.165, 1.54) is 43.9 Å². The number of allylic oxidation sites excluding steroid dienone is 1. The van der Waals surface area contributed by atoms with Crippen LogP contribution >= 0.6 is 11.8 Å². The van der Waals surface area contributed by atoms with Crippen LogP contribution in [0.2, 0.25) is 0 Å². The van der Waals surface area contributed by atoms with Crippen LogP contribution < -0.4 is 10.1 Å². The van der Waals surface area contributed by atoms with E-state index >= 15 is 0 Å². The minimum absolute atomic E-state index is 0.0692. The Kier molecular flexibility index (Phi) is 8.16. The summed E-state index contributed by atoms with van der Waals surface area (Å²) in [6.45, 7) is 4.43. The molecule has 1 N–H and O–H groups in total. The number of benzene rings is 1. The Balaban J connectivity index is 1.63. The fourth-order valence-electron chi connectivity index (χ4n) is 3.64. The molecular weight excluding hydrogens is 384 g/mol. The summed E-state index contributed by atoms with van der Waals surface area (Å²) in [4.78, 5) is 12.5. The van der Waals surface area contributed by atoms with Gasteiger partial charge in [-0.05, 0) is 37.1 Å². The average Bonchev–Trinajstić information content (AvgIpc) is 3.11. The van der Waals surface area contributed by atoms with Crippen LogP contribution in [0.5, 0.6) is 5.75 Å². The van der Waals surface area contributed by atoms with Crippen LogP contribution in [0.3, 0.4) is 0 Å². The highest BCUT2D eigenvalue weighted by molar-refractivity contribution is 7.99. The highest BCUT2D eigenvalue weighted by Crippen LogP contribution is 2.26. The van der Waals surface area contributed by atoms with Crippen molar-refractivity contribution in [2.75, 3.05) is 12.9 Å². The van der Waals surface area contributed by atoms with Gasteiger partial charge in [-0.25, -0.2) is 0 Å². The van der Waals surface area contributed by atoms with Crippen LogP contribution in [0.25, 0.3) is 11.4 Å². The summed E-state index contributed by atoms with van der Waals surface area (Å²) in [6, 6.07) is 8.02. The van der Waals surface area contributed by atoms with Crippen molar-refractivity contribution in [2.45, 2.75) is 62.7 Å². The maximum absolute atomic E-state index is 12.5. The number of nitrogens with one attached hydrogen (secondary N) is 1. The van der Waals surface area contributed by atoms with Crippen molar-refractivity contribution < 1.29 is 9.53 Å². The molecule has 0 atom stereocenters. The second-order valence-electron chi connectivity index (χ2n) is 7.33. The molecule has 1 aromatic heterocycles. The Hall–Kier alpha value is -2.28. The van der Waals surface area contributed by atoms with Gasteiger partial charge in [-0.3, -0.25) is 9.36 Å². The number of hydrogen-bond donors (Lipinski definition) is 1. The van der Waals surface area contributed by atoms with E-state index in [1.54, 1.807) is 7.11 Å². The Morgan fingerprint density at radius 2 is 1.90 bits per heavy atom. The summed E-state index contributed by atoms with van der Waals surface area (Å²) >= 11 is 1.42. The standard InChI is InChI=1S/C22H30N4O2S/c1-3-15-26-21(17-11-13-19(28-2)14-12-17)24-25-22(26)29-16-20(27)23-18-9-7-5-4-6-8-10-18/h3,11-14,18H,1,4-10,15-16H2,2H3,(H,23,27). The highest BCUT2D eigenvalue weighted by atomic mass is 32.2. The molecule has 2 aromatic rings. The van der Waals surface area contributed by atoms with Gasteiger partial charge in [0.25, 0.3) is 0 Å². The third-order valence-corrected chi connectivity index (χ3v) is 6.15. The number of hydrogen-bond acceptors (Lipinski definition) is 5. The molecule has 29 heavy (non-hydrogen) atoms. The summed E-state index contributed by atoms with van der Waals surface area (Å²) < 4.78 is 7.21. The first kappa shape index (κ1) is 21.4. The molecular formula is C22H30N4O2S. The molecule has 1 fully saturated rings. The van der Waals surface area contributed by atoms with Gasteiger partial charge in [0.05, 0.1) is 12.9 Å². The maximum Gasteiger partial charge on any atom is 0.230 e. The minimum atomic E-state index is 0.0692. The molecule has 7 heteroatoms. The van der Waals surface area contributed by atoms with Crippen molar-refractivity contribution in [2.24, 2.45) is 0 Å². The van der Waals surface area contributed by atoms with Gasteiger partial charge in [0.2, 0.25) is 5.91 Å². The zero-order chi connectivity index (χ0) is 20.5. The summed E-state index contributed by atoms with van der Waals surface area (Å²) in [5.74, 6) is 1.97. The summed E-state index contributed by atoms with van der Waals surface area (Å²) in [5, 5.41) is 12.6. The van der Waals surface area contributed by atoms with Crippen LogP contribution in [0, 0.1) is 0 Å². The van der Waals surface area contributed by atoms with E-state index < -0.39 is 0 Å². The minimum Gasteiger partial charge on any atom is -0.497 e. The summed E-state index contributed by atoms with van der Waals surface area (Å²) in [7, 11) is 1.64. The first-order valence-corrected chi connectivity index (χ1v) is 11.3. The van der Waals surface area contributed by atoms with Crippen LogP contribution in [0.4, 0.5) is 0 Å². The number of thioether (sulfide) groups is 1. The van der Waals surface area contributed by atoms with E-state index in [0.717, 1.165) is 35.1 Å². The van der Waals surface area contributed by atoms with Gasteiger partial charge in [-0.2, -0.15) is 0 Å². The van der Waals surface area contributed by atoms with Gasteiger partial charge in [0.1, 0.15) is 5.75 Å². The molecule has 1 aliphatic rings. The lowest BCUT2D eigenvalue weighted by Gasteiger charge is -2.20. The SMILES string of the molecule is C=CCn1c(SCC(=O)NC2CCCCCCC2)nnc1-c1ccc(OC)cc1. The van der Waals surface area contributed by atoms with E-state index in [2.05, 4.69) is 22.1 Å². The third-order valence-electron chi connectivity index (χ3n) is 5.18. The summed E-state index contributed by atoms with van der Waals surface area (Å²) in [6.07, 6.45) is 10.3. The average molecular weight is 415 g/mol. The zero-order valence-corrected chi connectivity index (χ0v) is 17.9. The first-order chi connectivity index (χ1) is 14.2. The molecule has 0 aliphatic heterocycles. The number of ether oxygens (including phenoxy) is 1. The number of methoxy groups -OCH3 is 1. The van der Waals surface area contributed by atoms with Gasteiger partial charge >= 0.3 is 0 Å². The molecule has 0 unspecified atom stereocenters. The molecule has 0 bridgehead atoms. The molecule has 156 valence electrons. The quantitative estimate of drug-likeness (QED) is 0.510.